The van der Waals surface area contributed by atoms with Crippen LogP contribution >= 0.6 is 11.3 Å². The number of hydrogen-bond donors (Lipinski definition) is 2. The molecule has 0 radical (unpaired) electrons. The predicted molar refractivity (Wildman–Crippen MR) is 201 cm³/mol. The van der Waals surface area contributed by atoms with E-state index in [2.05, 4.69) is 86.3 Å². The average molecular weight is 676 g/mol. The van der Waals surface area contributed by atoms with Crippen LogP contribution in [0.1, 0.15) is 97.0 Å². The first-order valence-corrected chi connectivity index (χ1v) is 18.2. The minimum absolute atomic E-state index is 0.141. The number of rotatable bonds is 19. The fraction of sp³-hybridized carbons (Fsp3) is 0.513. The number of aryl methyl sites for hydroxylation is 2. The van der Waals surface area contributed by atoms with Crippen molar-refractivity contribution in [3.05, 3.63) is 70.5 Å². The summed E-state index contributed by atoms with van der Waals surface area (Å²) in [6.07, 6.45) is 7.50. The first-order chi connectivity index (χ1) is 23.1. The number of benzene rings is 1. The molecule has 2 N–H and O–H groups in total. The number of unbranched alkanes of at least 4 members (excludes halogenated alkanes) is 1. The Morgan fingerprint density at radius 3 is 2.65 bits per heavy atom. The van der Waals surface area contributed by atoms with Crippen molar-refractivity contribution in [3.63, 3.8) is 0 Å². The SMILES string of the molecule is C=C(C)OCC(C)(C)Cc1c(-c2cccnc2C(C)OC)n(CC)c2ccc(-c3csc(CCCCC(C)CNNC=O)n3)cc12.CC. The lowest BCUT2D eigenvalue weighted by Crippen LogP contribution is -2.33. The lowest BCUT2D eigenvalue weighted by molar-refractivity contribution is -0.110. The second kappa shape index (κ2) is 18.9. The second-order valence-corrected chi connectivity index (χ2v) is 14.0. The third-order valence-corrected chi connectivity index (χ3v) is 9.39. The Morgan fingerprint density at radius 1 is 1.19 bits per heavy atom. The molecule has 1 aromatic carbocycles. The van der Waals surface area contributed by atoms with Crippen LogP contribution in [0.4, 0.5) is 0 Å². The summed E-state index contributed by atoms with van der Waals surface area (Å²) in [4.78, 5) is 20.3. The van der Waals surface area contributed by atoms with E-state index in [1.807, 2.05) is 33.0 Å². The topological polar surface area (TPSA) is 90.3 Å². The van der Waals surface area contributed by atoms with E-state index in [1.165, 1.54) is 27.2 Å². The number of hydrazine groups is 1. The van der Waals surface area contributed by atoms with Crippen LogP contribution in [0, 0.1) is 11.3 Å². The Balaban J connectivity index is 0.00000307. The van der Waals surface area contributed by atoms with Gasteiger partial charge in [0, 0.05) is 59.2 Å². The zero-order valence-corrected chi connectivity index (χ0v) is 31.4. The number of amides is 1. The molecule has 2 atom stereocenters. The van der Waals surface area contributed by atoms with Gasteiger partial charge in [-0.3, -0.25) is 15.2 Å². The molecule has 48 heavy (non-hydrogen) atoms. The van der Waals surface area contributed by atoms with Gasteiger partial charge in [-0.1, -0.05) is 53.7 Å². The van der Waals surface area contributed by atoms with E-state index >= 15 is 0 Å². The van der Waals surface area contributed by atoms with Gasteiger partial charge >= 0.3 is 0 Å². The second-order valence-electron chi connectivity index (χ2n) is 13.1. The van der Waals surface area contributed by atoms with Gasteiger partial charge in [-0.2, -0.15) is 0 Å². The lowest BCUT2D eigenvalue weighted by Gasteiger charge is -2.26. The van der Waals surface area contributed by atoms with Crippen molar-refractivity contribution in [3.8, 4) is 22.5 Å². The Bertz CT molecular complexity index is 1610. The van der Waals surface area contributed by atoms with E-state index in [9.17, 15) is 4.79 Å². The quantitative estimate of drug-likeness (QED) is 0.0446. The maximum absolute atomic E-state index is 10.4. The molecule has 1 amide bonds. The summed E-state index contributed by atoms with van der Waals surface area (Å²) in [6, 6.07) is 11.0. The van der Waals surface area contributed by atoms with Crippen molar-refractivity contribution in [1.82, 2.24) is 25.4 Å². The first-order valence-electron chi connectivity index (χ1n) is 17.4. The van der Waals surface area contributed by atoms with E-state index < -0.39 is 0 Å². The highest BCUT2D eigenvalue weighted by Crippen LogP contribution is 2.41. The average Bonchev–Trinajstić information content (AvgIpc) is 3.68. The number of thiazole rings is 1. The highest BCUT2D eigenvalue weighted by Gasteiger charge is 2.28. The summed E-state index contributed by atoms with van der Waals surface area (Å²) in [5, 5.41) is 4.59. The monoisotopic (exact) mass is 675 g/mol. The van der Waals surface area contributed by atoms with Crippen LogP contribution in [0.15, 0.2) is 54.2 Å². The number of fused-ring (bicyclic) bond motifs is 1. The van der Waals surface area contributed by atoms with Gasteiger partial charge in [0.25, 0.3) is 0 Å². The Labute approximate surface area is 292 Å². The summed E-state index contributed by atoms with van der Waals surface area (Å²) < 4.78 is 14.2. The Kier molecular flexibility index (Phi) is 15.3. The molecule has 2 unspecified atom stereocenters. The zero-order valence-electron chi connectivity index (χ0n) is 30.6. The molecule has 3 heterocycles. The minimum Gasteiger partial charge on any atom is -0.498 e. The standard InChI is InChI=1S/C37H51N5O3S.C2H6/c1-9-42-33-17-16-28(32-22-46-34(41-32)15-11-10-13-26(4)21-39-40-24-43)19-30(33)31(20-37(6,7)23-45-25(2)3)36(42)29-14-12-18-38-35(29)27(5)44-8;1-2/h12,14,16-19,22,24,26-27,39H,2,9-11,13,15,20-21,23H2,1,3-8H3,(H,40,43);1-2H3. The number of methoxy groups -OCH3 is 1. The summed E-state index contributed by atoms with van der Waals surface area (Å²) in [5.41, 5.74) is 13.2. The van der Waals surface area contributed by atoms with Crippen molar-refractivity contribution in [2.45, 2.75) is 100 Å². The van der Waals surface area contributed by atoms with E-state index in [-0.39, 0.29) is 11.5 Å². The molecule has 3 aromatic heterocycles. The van der Waals surface area contributed by atoms with Crippen molar-refractivity contribution >= 4 is 28.6 Å². The molecule has 262 valence electrons. The zero-order chi connectivity index (χ0) is 35.3. The molecule has 0 aliphatic carbocycles. The molecule has 9 heteroatoms. The number of nitrogens with one attached hydrogen (secondary N) is 2. The van der Waals surface area contributed by atoms with E-state index in [0.717, 1.165) is 73.5 Å². The lowest BCUT2D eigenvalue weighted by atomic mass is 9.84. The van der Waals surface area contributed by atoms with Crippen LogP contribution < -0.4 is 10.9 Å². The number of ether oxygens (including phenoxy) is 2. The largest absolute Gasteiger partial charge is 0.498 e. The molecule has 0 fully saturated rings. The number of nitrogens with zero attached hydrogens (tertiary/aromatic N) is 3. The third kappa shape index (κ3) is 10.2. The molecule has 0 saturated carbocycles. The molecule has 0 saturated heterocycles. The molecule has 0 aliphatic rings. The van der Waals surface area contributed by atoms with Crippen LogP contribution in [-0.4, -0.2) is 41.2 Å². The summed E-state index contributed by atoms with van der Waals surface area (Å²) in [7, 11) is 1.74. The van der Waals surface area contributed by atoms with Crippen LogP contribution in [0.25, 0.3) is 33.4 Å². The minimum atomic E-state index is -0.143. The molecule has 4 aromatic rings. The van der Waals surface area contributed by atoms with Crippen molar-refractivity contribution < 1.29 is 14.3 Å². The van der Waals surface area contributed by atoms with Gasteiger partial charge in [0.15, 0.2) is 0 Å². The summed E-state index contributed by atoms with van der Waals surface area (Å²) in [6.45, 7) is 23.0. The smallest absolute Gasteiger partial charge is 0.221 e. The van der Waals surface area contributed by atoms with Gasteiger partial charge in [0.05, 0.1) is 40.6 Å². The molecule has 0 aliphatic heterocycles. The van der Waals surface area contributed by atoms with Gasteiger partial charge in [0.1, 0.15) is 0 Å². The molecule has 8 nitrogen and oxygen atoms in total. The van der Waals surface area contributed by atoms with Gasteiger partial charge in [0.2, 0.25) is 6.41 Å². The van der Waals surface area contributed by atoms with E-state index in [4.69, 9.17) is 19.4 Å². The van der Waals surface area contributed by atoms with Gasteiger partial charge in [-0.25, -0.2) is 10.4 Å². The van der Waals surface area contributed by atoms with Crippen LogP contribution in [-0.2, 0) is 33.7 Å². The molecule has 0 bridgehead atoms. The van der Waals surface area contributed by atoms with Crippen LogP contribution in [0.2, 0.25) is 0 Å². The summed E-state index contributed by atoms with van der Waals surface area (Å²) >= 11 is 1.74. The maximum atomic E-state index is 10.4. The molecule has 4 rings (SSSR count). The molecule has 0 spiro atoms. The highest BCUT2D eigenvalue weighted by molar-refractivity contribution is 7.09. The number of allylic oxidation sites excluding steroid dienone is 1. The Hall–Kier alpha value is -3.53. The van der Waals surface area contributed by atoms with E-state index in [0.29, 0.717) is 18.9 Å². The Morgan fingerprint density at radius 2 is 1.96 bits per heavy atom. The van der Waals surface area contributed by atoms with Crippen LogP contribution in [0.3, 0.4) is 0 Å². The molecular weight excluding hydrogens is 619 g/mol. The van der Waals surface area contributed by atoms with E-state index in [1.54, 1.807) is 18.4 Å². The normalized spacial score (nSPS) is 12.7. The van der Waals surface area contributed by atoms with Gasteiger partial charge in [-0.05, 0) is 82.2 Å². The number of aromatic nitrogens is 3. The van der Waals surface area contributed by atoms with Crippen LogP contribution in [0.5, 0.6) is 0 Å². The fourth-order valence-corrected chi connectivity index (χ4v) is 6.85. The van der Waals surface area contributed by atoms with Gasteiger partial charge in [-0.15, -0.1) is 11.3 Å². The maximum Gasteiger partial charge on any atom is 0.221 e. The van der Waals surface area contributed by atoms with Gasteiger partial charge < -0.3 is 14.0 Å². The van der Waals surface area contributed by atoms with Crippen molar-refractivity contribution in [2.24, 2.45) is 11.3 Å². The van der Waals surface area contributed by atoms with Crippen molar-refractivity contribution in [2.75, 3.05) is 20.3 Å². The molecular formula is C39H57N5O3S. The number of carbonyl (C=O) groups is 1. The first kappa shape index (κ1) is 38.9. The highest BCUT2D eigenvalue weighted by atomic mass is 32.1. The number of pyridine rings is 1. The predicted octanol–water partition coefficient (Wildman–Crippen LogP) is 9.30. The fourth-order valence-electron chi connectivity index (χ4n) is 6.00. The number of carbonyl (C=O) groups excluding carboxylic acids is 1. The summed E-state index contributed by atoms with van der Waals surface area (Å²) in [5.74, 6) is 1.23. The third-order valence-electron chi connectivity index (χ3n) is 8.48. The number of hydrogen-bond acceptors (Lipinski definition) is 7. The van der Waals surface area contributed by atoms with Crippen molar-refractivity contribution in [1.29, 1.82) is 0 Å².